The summed E-state index contributed by atoms with van der Waals surface area (Å²) in [7, 11) is 0. The van der Waals surface area contributed by atoms with Gasteiger partial charge in [0.1, 0.15) is 5.78 Å². The summed E-state index contributed by atoms with van der Waals surface area (Å²) in [5, 5.41) is 3.29. The number of nitrogens with one attached hydrogen (secondary N) is 1. The lowest BCUT2D eigenvalue weighted by atomic mass is 9.78. The van der Waals surface area contributed by atoms with Crippen LogP contribution in [0.5, 0.6) is 0 Å². The first-order valence-electron chi connectivity index (χ1n) is 5.90. The highest BCUT2D eigenvalue weighted by Crippen LogP contribution is 2.31. The topological polar surface area (TPSA) is 42.0 Å². The van der Waals surface area contributed by atoms with Crippen LogP contribution in [0.1, 0.15) is 25.3 Å². The van der Waals surface area contributed by atoms with Gasteiger partial charge in [-0.2, -0.15) is 0 Å². The number of pyridine rings is 1. The molecule has 0 aliphatic carbocycles. The van der Waals surface area contributed by atoms with Gasteiger partial charge in [-0.15, -0.1) is 0 Å². The molecule has 0 radical (unpaired) electrons. The van der Waals surface area contributed by atoms with Crippen molar-refractivity contribution < 1.29 is 4.79 Å². The molecule has 2 rings (SSSR count). The molecular weight excluding hydrogens is 200 g/mol. The van der Waals surface area contributed by atoms with E-state index in [2.05, 4.69) is 17.2 Å². The van der Waals surface area contributed by atoms with Gasteiger partial charge >= 0.3 is 0 Å². The van der Waals surface area contributed by atoms with E-state index < -0.39 is 0 Å². The zero-order valence-electron chi connectivity index (χ0n) is 9.70. The van der Waals surface area contributed by atoms with Crippen LogP contribution < -0.4 is 5.32 Å². The minimum absolute atomic E-state index is 0.129. The Labute approximate surface area is 96.3 Å². The third kappa shape index (κ3) is 2.14. The third-order valence-corrected chi connectivity index (χ3v) is 3.60. The fraction of sp³-hybridized carbons (Fsp3) is 0.538. The summed E-state index contributed by atoms with van der Waals surface area (Å²) in [5.41, 5.74) is 0.891. The van der Waals surface area contributed by atoms with Crippen LogP contribution in [0, 0.1) is 5.41 Å². The number of ketones is 1. The molecule has 0 saturated carbocycles. The molecule has 2 heterocycles. The average molecular weight is 218 g/mol. The second kappa shape index (κ2) is 4.74. The van der Waals surface area contributed by atoms with Gasteiger partial charge in [0.25, 0.3) is 0 Å². The number of hydrogen-bond acceptors (Lipinski definition) is 3. The Balaban J connectivity index is 2.07. The maximum Gasteiger partial charge on any atom is 0.144 e. The van der Waals surface area contributed by atoms with Gasteiger partial charge in [-0.1, -0.05) is 13.0 Å². The van der Waals surface area contributed by atoms with Gasteiger partial charge < -0.3 is 5.32 Å². The van der Waals surface area contributed by atoms with Gasteiger partial charge in [0.05, 0.1) is 0 Å². The number of aromatic nitrogens is 1. The largest absolute Gasteiger partial charge is 0.316 e. The summed E-state index contributed by atoms with van der Waals surface area (Å²) >= 11 is 0. The van der Waals surface area contributed by atoms with Crippen LogP contribution in [0.2, 0.25) is 0 Å². The van der Waals surface area contributed by atoms with E-state index in [-0.39, 0.29) is 5.41 Å². The van der Waals surface area contributed by atoms with Crippen LogP contribution in [0.25, 0.3) is 0 Å². The molecule has 1 saturated heterocycles. The van der Waals surface area contributed by atoms with Gasteiger partial charge in [-0.3, -0.25) is 9.78 Å². The Bertz CT molecular complexity index is 355. The molecule has 1 aliphatic rings. The monoisotopic (exact) mass is 218 g/mol. The lowest BCUT2D eigenvalue weighted by Crippen LogP contribution is -2.34. The van der Waals surface area contributed by atoms with Crippen molar-refractivity contribution in [2.75, 3.05) is 13.1 Å². The Morgan fingerprint density at radius 3 is 3.06 bits per heavy atom. The van der Waals surface area contributed by atoms with Crippen LogP contribution in [0.3, 0.4) is 0 Å². The van der Waals surface area contributed by atoms with Crippen LogP contribution in [-0.4, -0.2) is 23.9 Å². The molecule has 1 fully saturated rings. The zero-order valence-corrected chi connectivity index (χ0v) is 9.70. The predicted molar refractivity (Wildman–Crippen MR) is 63.2 cm³/mol. The summed E-state index contributed by atoms with van der Waals surface area (Å²) in [4.78, 5) is 16.3. The van der Waals surface area contributed by atoms with Crippen LogP contribution in [0.4, 0.5) is 0 Å². The van der Waals surface area contributed by atoms with E-state index in [4.69, 9.17) is 0 Å². The summed E-state index contributed by atoms with van der Waals surface area (Å²) < 4.78 is 0. The van der Waals surface area contributed by atoms with Crippen LogP contribution in [0.15, 0.2) is 24.5 Å². The van der Waals surface area contributed by atoms with E-state index in [9.17, 15) is 4.79 Å². The van der Waals surface area contributed by atoms with Gasteiger partial charge in [0, 0.05) is 30.8 Å². The second-order valence-corrected chi connectivity index (χ2v) is 4.52. The Hall–Kier alpha value is -1.22. The van der Waals surface area contributed by atoms with Crippen molar-refractivity contribution in [1.29, 1.82) is 0 Å². The van der Waals surface area contributed by atoms with Crippen molar-refractivity contribution in [2.24, 2.45) is 5.41 Å². The number of hydrogen-bond donors (Lipinski definition) is 1. The maximum atomic E-state index is 12.3. The Morgan fingerprint density at radius 2 is 2.50 bits per heavy atom. The Morgan fingerprint density at radius 1 is 1.62 bits per heavy atom. The minimum Gasteiger partial charge on any atom is -0.316 e. The summed E-state index contributed by atoms with van der Waals surface area (Å²) in [5.74, 6) is 0.355. The molecule has 16 heavy (non-hydrogen) atoms. The number of carbonyl (C=O) groups is 1. The summed E-state index contributed by atoms with van der Waals surface area (Å²) in [6.07, 6.45) is 5.94. The van der Waals surface area contributed by atoms with Crippen LogP contribution >= 0.6 is 0 Å². The standard InChI is InChI=1S/C13H18N2O/c1-2-13(5-7-15-10-13)12(16)8-11-4-3-6-14-9-11/h3-4,6,9,15H,2,5,7-8,10H2,1H3. The molecule has 86 valence electrons. The molecule has 0 bridgehead atoms. The van der Waals surface area contributed by atoms with Crippen molar-refractivity contribution in [2.45, 2.75) is 26.2 Å². The normalized spacial score (nSPS) is 24.6. The number of Topliss-reactive ketones (excluding diaryl/α,β-unsaturated/α-hetero) is 1. The maximum absolute atomic E-state index is 12.3. The molecule has 0 amide bonds. The first-order chi connectivity index (χ1) is 7.77. The smallest absolute Gasteiger partial charge is 0.144 e. The average Bonchev–Trinajstić information content (AvgIpc) is 2.80. The van der Waals surface area contributed by atoms with Crippen LogP contribution in [-0.2, 0) is 11.2 Å². The molecule has 3 nitrogen and oxygen atoms in total. The number of carbonyl (C=O) groups excluding carboxylic acids is 1. The molecule has 0 spiro atoms. The SMILES string of the molecule is CCC1(C(=O)Cc2cccnc2)CCNC1. The van der Waals surface area contributed by atoms with Gasteiger partial charge in [0.2, 0.25) is 0 Å². The minimum atomic E-state index is -0.129. The highest BCUT2D eigenvalue weighted by Gasteiger charge is 2.38. The van der Waals surface area contributed by atoms with Crippen molar-refractivity contribution in [3.63, 3.8) is 0 Å². The van der Waals surface area contributed by atoms with Gasteiger partial charge in [-0.05, 0) is 31.0 Å². The van der Waals surface area contributed by atoms with Gasteiger partial charge in [0.15, 0.2) is 0 Å². The molecular formula is C13H18N2O. The van der Waals surface area contributed by atoms with Crippen molar-refractivity contribution >= 4 is 5.78 Å². The first-order valence-corrected chi connectivity index (χ1v) is 5.90. The van der Waals surface area contributed by atoms with Crippen molar-refractivity contribution in [3.8, 4) is 0 Å². The molecule has 1 unspecified atom stereocenters. The molecule has 1 atom stereocenters. The predicted octanol–water partition coefficient (Wildman–Crippen LogP) is 1.58. The molecule has 1 aromatic rings. The molecule has 1 N–H and O–H groups in total. The molecule has 0 aromatic carbocycles. The van der Waals surface area contributed by atoms with Crippen molar-refractivity contribution in [1.82, 2.24) is 10.3 Å². The Kier molecular flexibility index (Phi) is 3.34. The highest BCUT2D eigenvalue weighted by molar-refractivity contribution is 5.87. The van der Waals surface area contributed by atoms with E-state index in [0.717, 1.165) is 31.5 Å². The third-order valence-electron chi connectivity index (χ3n) is 3.60. The molecule has 1 aromatic heterocycles. The fourth-order valence-corrected chi connectivity index (χ4v) is 2.36. The summed E-state index contributed by atoms with van der Waals surface area (Å²) in [6.45, 7) is 3.91. The van der Waals surface area contributed by atoms with E-state index in [1.54, 1.807) is 12.4 Å². The van der Waals surface area contributed by atoms with Gasteiger partial charge in [-0.25, -0.2) is 0 Å². The molecule has 1 aliphatic heterocycles. The lowest BCUT2D eigenvalue weighted by molar-refractivity contribution is -0.127. The fourth-order valence-electron chi connectivity index (χ4n) is 2.36. The van der Waals surface area contributed by atoms with E-state index in [1.165, 1.54) is 0 Å². The van der Waals surface area contributed by atoms with E-state index >= 15 is 0 Å². The number of nitrogens with zero attached hydrogens (tertiary/aromatic N) is 1. The lowest BCUT2D eigenvalue weighted by Gasteiger charge is -2.24. The summed E-state index contributed by atoms with van der Waals surface area (Å²) in [6, 6.07) is 3.85. The van der Waals surface area contributed by atoms with E-state index in [1.807, 2.05) is 12.1 Å². The highest BCUT2D eigenvalue weighted by atomic mass is 16.1. The number of rotatable bonds is 4. The zero-order chi connectivity index (χ0) is 11.4. The first kappa shape index (κ1) is 11.3. The van der Waals surface area contributed by atoms with Crippen molar-refractivity contribution in [3.05, 3.63) is 30.1 Å². The quantitative estimate of drug-likeness (QED) is 0.834. The molecule has 3 heteroatoms. The second-order valence-electron chi connectivity index (χ2n) is 4.52. The van der Waals surface area contributed by atoms with E-state index in [0.29, 0.717) is 12.2 Å².